The molecule has 0 aromatic heterocycles. The molecule has 0 aliphatic rings. The molecule has 0 aliphatic heterocycles. The van der Waals surface area contributed by atoms with Gasteiger partial charge in [-0.25, -0.2) is 4.39 Å². The third-order valence-electron chi connectivity index (χ3n) is 2.45. The van der Waals surface area contributed by atoms with Crippen molar-refractivity contribution in [2.45, 2.75) is 26.7 Å². The first-order valence-electron chi connectivity index (χ1n) is 5.25. The number of nitrogens with two attached hydrogens (primary N) is 1. The summed E-state index contributed by atoms with van der Waals surface area (Å²) in [5.41, 5.74) is 8.30. The van der Waals surface area contributed by atoms with E-state index in [0.29, 0.717) is 23.3 Å². The lowest BCUT2D eigenvalue weighted by Gasteiger charge is -2.08. The number of hydrogen-bond acceptors (Lipinski definition) is 2. The van der Waals surface area contributed by atoms with Gasteiger partial charge in [0.2, 0.25) is 0 Å². The number of nitrogens with zero attached hydrogens (tertiary/aromatic N) is 1. The number of aryl methyl sites for hydroxylation is 1. The van der Waals surface area contributed by atoms with Crippen LogP contribution in [0.1, 0.15) is 30.9 Å². The lowest BCUT2D eigenvalue weighted by molar-refractivity contribution is 0.627. The van der Waals surface area contributed by atoms with Crippen molar-refractivity contribution in [2.24, 2.45) is 5.73 Å². The van der Waals surface area contributed by atoms with E-state index in [4.69, 9.17) is 11.0 Å². The molecule has 0 heterocycles. The Bertz CT molecular complexity index is 455. The van der Waals surface area contributed by atoms with Gasteiger partial charge in [0.05, 0.1) is 17.3 Å². The van der Waals surface area contributed by atoms with Crippen molar-refractivity contribution in [2.75, 3.05) is 0 Å². The first-order chi connectivity index (χ1) is 7.60. The summed E-state index contributed by atoms with van der Waals surface area (Å²) >= 11 is 0. The van der Waals surface area contributed by atoms with Crippen LogP contribution in [-0.4, -0.2) is 0 Å². The summed E-state index contributed by atoms with van der Waals surface area (Å²) < 4.78 is 13.1. The quantitative estimate of drug-likeness (QED) is 0.792. The molecule has 16 heavy (non-hydrogen) atoms. The molecule has 0 aliphatic carbocycles. The smallest absolute Gasteiger partial charge is 0.123 e. The molecule has 0 spiro atoms. The van der Waals surface area contributed by atoms with Crippen LogP contribution < -0.4 is 5.73 Å². The molecular weight excluding hydrogens is 203 g/mol. The van der Waals surface area contributed by atoms with E-state index in [0.717, 1.165) is 12.0 Å². The van der Waals surface area contributed by atoms with Crippen LogP contribution in [-0.2, 0) is 0 Å². The maximum atomic E-state index is 13.1. The Kier molecular flexibility index (Phi) is 4.07. The molecule has 0 amide bonds. The molecule has 2 N–H and O–H groups in total. The Morgan fingerprint density at radius 1 is 1.50 bits per heavy atom. The maximum Gasteiger partial charge on any atom is 0.123 e. The van der Waals surface area contributed by atoms with Gasteiger partial charge in [0.15, 0.2) is 0 Å². The average molecular weight is 218 g/mol. The Labute approximate surface area is 95.2 Å². The van der Waals surface area contributed by atoms with Gasteiger partial charge in [-0.2, -0.15) is 5.26 Å². The third-order valence-corrected chi connectivity index (χ3v) is 2.45. The van der Waals surface area contributed by atoms with E-state index in [1.165, 1.54) is 12.1 Å². The molecule has 0 atom stereocenters. The highest BCUT2D eigenvalue weighted by Gasteiger charge is 2.08. The monoisotopic (exact) mass is 218 g/mol. The Hall–Kier alpha value is -1.82. The molecule has 0 radical (unpaired) electrons. The van der Waals surface area contributed by atoms with Crippen LogP contribution in [0.25, 0.3) is 5.70 Å². The van der Waals surface area contributed by atoms with Crippen molar-refractivity contribution in [1.82, 2.24) is 0 Å². The summed E-state index contributed by atoms with van der Waals surface area (Å²) in [6.07, 6.45) is 1.47. The SMILES string of the molecule is CCC/C(C#N)=C(/N)c1cc(F)ccc1C. The van der Waals surface area contributed by atoms with Gasteiger partial charge >= 0.3 is 0 Å². The van der Waals surface area contributed by atoms with Crippen molar-refractivity contribution in [1.29, 1.82) is 5.26 Å². The van der Waals surface area contributed by atoms with Crippen molar-refractivity contribution < 1.29 is 4.39 Å². The van der Waals surface area contributed by atoms with Crippen molar-refractivity contribution in [3.63, 3.8) is 0 Å². The van der Waals surface area contributed by atoms with Crippen LogP contribution in [0.4, 0.5) is 4.39 Å². The normalized spacial score (nSPS) is 11.9. The summed E-state index contributed by atoms with van der Waals surface area (Å²) in [6, 6.07) is 6.50. The standard InChI is InChI=1S/C13H15FN2/c1-3-4-10(8-15)13(16)12-7-11(14)6-5-9(12)2/h5-7H,3-4,16H2,1-2H3/b13-10-. The largest absolute Gasteiger partial charge is 0.397 e. The molecular formula is C13H15FN2. The molecule has 1 aromatic carbocycles. The summed E-state index contributed by atoms with van der Waals surface area (Å²) in [6.45, 7) is 3.83. The number of rotatable bonds is 3. The van der Waals surface area contributed by atoms with E-state index >= 15 is 0 Å². The van der Waals surface area contributed by atoms with E-state index in [1.807, 2.05) is 13.8 Å². The maximum absolute atomic E-state index is 13.1. The zero-order chi connectivity index (χ0) is 12.1. The Morgan fingerprint density at radius 2 is 2.19 bits per heavy atom. The lowest BCUT2D eigenvalue weighted by Crippen LogP contribution is -2.03. The van der Waals surface area contributed by atoms with Gasteiger partial charge < -0.3 is 5.73 Å². The van der Waals surface area contributed by atoms with Gasteiger partial charge in [-0.15, -0.1) is 0 Å². The predicted molar refractivity (Wildman–Crippen MR) is 62.8 cm³/mol. The molecule has 1 rings (SSSR count). The highest BCUT2D eigenvalue weighted by atomic mass is 19.1. The number of benzene rings is 1. The van der Waals surface area contributed by atoms with E-state index in [1.54, 1.807) is 6.07 Å². The summed E-state index contributed by atoms with van der Waals surface area (Å²) in [4.78, 5) is 0. The van der Waals surface area contributed by atoms with E-state index in [2.05, 4.69) is 6.07 Å². The van der Waals surface area contributed by atoms with Gasteiger partial charge in [-0.3, -0.25) is 0 Å². The molecule has 0 unspecified atom stereocenters. The van der Waals surface area contributed by atoms with Crippen LogP contribution in [0.5, 0.6) is 0 Å². The van der Waals surface area contributed by atoms with Crippen molar-refractivity contribution >= 4 is 5.70 Å². The fourth-order valence-electron chi connectivity index (χ4n) is 1.55. The van der Waals surface area contributed by atoms with Gasteiger partial charge in [0, 0.05) is 5.56 Å². The fraction of sp³-hybridized carbons (Fsp3) is 0.308. The molecule has 0 bridgehead atoms. The second kappa shape index (κ2) is 5.32. The minimum Gasteiger partial charge on any atom is -0.397 e. The predicted octanol–water partition coefficient (Wildman–Crippen LogP) is 3.13. The molecule has 3 heteroatoms. The Morgan fingerprint density at radius 3 is 2.75 bits per heavy atom. The van der Waals surface area contributed by atoms with Crippen LogP contribution in [0.3, 0.4) is 0 Å². The first kappa shape index (κ1) is 12.3. The van der Waals surface area contributed by atoms with E-state index in [-0.39, 0.29) is 5.82 Å². The molecule has 0 saturated heterocycles. The van der Waals surface area contributed by atoms with Crippen LogP contribution in [0, 0.1) is 24.1 Å². The zero-order valence-electron chi connectivity index (χ0n) is 9.55. The molecule has 84 valence electrons. The van der Waals surface area contributed by atoms with Gasteiger partial charge in [0.25, 0.3) is 0 Å². The number of nitriles is 1. The summed E-state index contributed by atoms with van der Waals surface area (Å²) in [5, 5.41) is 8.97. The average Bonchev–Trinajstić information content (AvgIpc) is 2.28. The minimum atomic E-state index is -0.336. The first-order valence-corrected chi connectivity index (χ1v) is 5.25. The molecule has 2 nitrogen and oxygen atoms in total. The fourth-order valence-corrected chi connectivity index (χ4v) is 1.55. The summed E-state index contributed by atoms with van der Waals surface area (Å²) in [7, 11) is 0. The second-order valence-electron chi connectivity index (χ2n) is 3.71. The number of hydrogen-bond donors (Lipinski definition) is 1. The minimum absolute atomic E-state index is 0.336. The van der Waals surface area contributed by atoms with Crippen LogP contribution in [0.2, 0.25) is 0 Å². The lowest BCUT2D eigenvalue weighted by atomic mass is 10.0. The van der Waals surface area contributed by atoms with E-state index in [9.17, 15) is 4.39 Å². The second-order valence-corrected chi connectivity index (χ2v) is 3.71. The number of halogens is 1. The third kappa shape index (κ3) is 2.60. The highest BCUT2D eigenvalue weighted by molar-refractivity contribution is 5.71. The van der Waals surface area contributed by atoms with Gasteiger partial charge in [-0.05, 0) is 31.0 Å². The van der Waals surface area contributed by atoms with Crippen molar-refractivity contribution in [3.05, 3.63) is 40.7 Å². The topological polar surface area (TPSA) is 49.8 Å². The highest BCUT2D eigenvalue weighted by Crippen LogP contribution is 2.21. The molecule has 1 aromatic rings. The van der Waals surface area contributed by atoms with E-state index < -0.39 is 0 Å². The molecule has 0 fully saturated rings. The number of allylic oxidation sites excluding steroid dienone is 1. The van der Waals surface area contributed by atoms with Crippen LogP contribution >= 0.6 is 0 Å². The molecule has 0 saturated carbocycles. The summed E-state index contributed by atoms with van der Waals surface area (Å²) in [5.74, 6) is -0.336. The zero-order valence-corrected chi connectivity index (χ0v) is 9.55. The van der Waals surface area contributed by atoms with Crippen molar-refractivity contribution in [3.8, 4) is 6.07 Å². The van der Waals surface area contributed by atoms with Crippen LogP contribution in [0.15, 0.2) is 23.8 Å². The Balaban J connectivity index is 3.27. The van der Waals surface area contributed by atoms with Gasteiger partial charge in [0.1, 0.15) is 5.82 Å². The van der Waals surface area contributed by atoms with Gasteiger partial charge in [-0.1, -0.05) is 19.4 Å².